The average molecular weight is 301 g/mol. The molecule has 0 unspecified atom stereocenters. The van der Waals surface area contributed by atoms with Gasteiger partial charge in [-0.25, -0.2) is 8.42 Å². The molecule has 0 radical (unpaired) electrons. The second kappa shape index (κ2) is 6.35. The van der Waals surface area contributed by atoms with Crippen LogP contribution in [0.5, 0.6) is 0 Å². The summed E-state index contributed by atoms with van der Waals surface area (Å²) < 4.78 is 23.6. The van der Waals surface area contributed by atoms with E-state index in [1.54, 1.807) is 12.1 Å². The Morgan fingerprint density at radius 3 is 2.37 bits per heavy atom. The first-order valence-electron chi connectivity index (χ1n) is 6.04. The predicted octanol–water partition coefficient (Wildman–Crippen LogP) is 3.45. The lowest BCUT2D eigenvalue weighted by atomic mass is 10.0. The van der Waals surface area contributed by atoms with Gasteiger partial charge in [0.15, 0.2) is 9.84 Å². The summed E-state index contributed by atoms with van der Waals surface area (Å²) in [4.78, 5) is 11.5. The van der Waals surface area contributed by atoms with Crippen molar-refractivity contribution in [3.63, 3.8) is 0 Å². The van der Waals surface area contributed by atoms with E-state index < -0.39 is 15.1 Å². The summed E-state index contributed by atoms with van der Waals surface area (Å²) in [7, 11) is -3.41. The third-order valence-electron chi connectivity index (χ3n) is 2.76. The van der Waals surface area contributed by atoms with Gasteiger partial charge in [0, 0.05) is 11.8 Å². The Bertz CT molecular complexity index is 616. The summed E-state index contributed by atoms with van der Waals surface area (Å²) in [5.41, 5.74) is 1.62. The van der Waals surface area contributed by atoms with Gasteiger partial charge in [-0.05, 0) is 47.7 Å². The zero-order valence-electron chi connectivity index (χ0n) is 11.2. The molecule has 19 heavy (non-hydrogen) atoms. The molecule has 104 valence electrons. The Morgan fingerprint density at radius 2 is 1.95 bits per heavy atom. The fourth-order valence-corrected chi connectivity index (χ4v) is 2.88. The highest BCUT2D eigenvalue weighted by Crippen LogP contribution is 2.24. The highest BCUT2D eigenvalue weighted by atomic mass is 35.5. The van der Waals surface area contributed by atoms with Crippen molar-refractivity contribution in [3.8, 4) is 0 Å². The third kappa shape index (κ3) is 3.91. The summed E-state index contributed by atoms with van der Waals surface area (Å²) >= 11 is 5.51. The summed E-state index contributed by atoms with van der Waals surface area (Å²) in [6.45, 7) is 3.86. The lowest BCUT2D eigenvalue weighted by Crippen LogP contribution is -2.06. The molecule has 0 aliphatic carbocycles. The minimum absolute atomic E-state index is 0.137. The van der Waals surface area contributed by atoms with Gasteiger partial charge >= 0.3 is 0 Å². The van der Waals surface area contributed by atoms with Gasteiger partial charge in [0.05, 0.1) is 4.90 Å². The molecule has 0 aliphatic heterocycles. The van der Waals surface area contributed by atoms with Crippen LogP contribution in [0.2, 0.25) is 0 Å². The molecule has 0 aromatic heterocycles. The van der Waals surface area contributed by atoms with Crippen LogP contribution in [-0.2, 0) is 16.3 Å². The van der Waals surface area contributed by atoms with Gasteiger partial charge in [-0.15, -0.1) is 0 Å². The van der Waals surface area contributed by atoms with Crippen LogP contribution in [-0.4, -0.2) is 19.9 Å². The standard InChI is InChI=1S/C14H17ClO3S/c1-4-6-7-11-8-10(5-2)12(14(15)16)9-13(11)19(3,17)18/h6-9H,4-5H2,1-3H3/b7-6+. The number of carbonyl (C=O) groups excluding carboxylic acids is 1. The number of hydrogen-bond acceptors (Lipinski definition) is 3. The van der Waals surface area contributed by atoms with Crippen LogP contribution < -0.4 is 0 Å². The number of benzene rings is 1. The van der Waals surface area contributed by atoms with Crippen molar-refractivity contribution >= 4 is 32.8 Å². The maximum atomic E-state index is 11.8. The van der Waals surface area contributed by atoms with Crippen molar-refractivity contribution in [2.75, 3.05) is 6.26 Å². The van der Waals surface area contributed by atoms with Gasteiger partial charge in [0.1, 0.15) is 0 Å². The van der Waals surface area contributed by atoms with Crippen molar-refractivity contribution in [2.24, 2.45) is 0 Å². The summed E-state index contributed by atoms with van der Waals surface area (Å²) in [5.74, 6) is 0. The van der Waals surface area contributed by atoms with Gasteiger partial charge in [-0.3, -0.25) is 4.79 Å². The second-order valence-corrected chi connectivity index (χ2v) is 6.58. The molecule has 0 heterocycles. The zero-order valence-corrected chi connectivity index (χ0v) is 12.8. The lowest BCUT2D eigenvalue weighted by molar-refractivity contribution is 0.108. The molecule has 0 saturated heterocycles. The molecule has 0 spiro atoms. The van der Waals surface area contributed by atoms with Crippen molar-refractivity contribution < 1.29 is 13.2 Å². The van der Waals surface area contributed by atoms with E-state index in [0.29, 0.717) is 12.0 Å². The Morgan fingerprint density at radius 1 is 1.32 bits per heavy atom. The van der Waals surface area contributed by atoms with E-state index in [4.69, 9.17) is 11.6 Å². The van der Waals surface area contributed by atoms with E-state index in [2.05, 4.69) is 0 Å². The summed E-state index contributed by atoms with van der Waals surface area (Å²) in [6, 6.07) is 3.09. The summed E-state index contributed by atoms with van der Waals surface area (Å²) in [5, 5.41) is -0.632. The Kier molecular flexibility index (Phi) is 5.32. The molecule has 0 bridgehead atoms. The molecule has 0 N–H and O–H groups in total. The second-order valence-electron chi connectivity index (χ2n) is 4.26. The van der Waals surface area contributed by atoms with Crippen LogP contribution in [0.25, 0.3) is 6.08 Å². The number of aryl methyl sites for hydroxylation is 1. The molecule has 1 aromatic rings. The molecular weight excluding hydrogens is 284 g/mol. The van der Waals surface area contributed by atoms with E-state index in [1.165, 1.54) is 6.07 Å². The third-order valence-corrected chi connectivity index (χ3v) is 4.12. The molecular formula is C14H17ClO3S. The highest BCUT2D eigenvalue weighted by molar-refractivity contribution is 7.90. The highest BCUT2D eigenvalue weighted by Gasteiger charge is 2.18. The van der Waals surface area contributed by atoms with Gasteiger partial charge in [0.25, 0.3) is 5.24 Å². The lowest BCUT2D eigenvalue weighted by Gasteiger charge is -2.10. The molecule has 1 aromatic carbocycles. The molecule has 5 heteroatoms. The first kappa shape index (κ1) is 15.9. The van der Waals surface area contributed by atoms with E-state index in [0.717, 1.165) is 18.2 Å². The normalized spacial score (nSPS) is 12.0. The van der Waals surface area contributed by atoms with Crippen molar-refractivity contribution in [1.82, 2.24) is 0 Å². The number of allylic oxidation sites excluding steroid dienone is 1. The van der Waals surface area contributed by atoms with Crippen molar-refractivity contribution in [2.45, 2.75) is 31.6 Å². The van der Waals surface area contributed by atoms with E-state index in [9.17, 15) is 13.2 Å². The van der Waals surface area contributed by atoms with Crippen LogP contribution in [0.4, 0.5) is 0 Å². The number of rotatable bonds is 5. The van der Waals surface area contributed by atoms with Crippen LogP contribution in [0.1, 0.15) is 41.8 Å². The zero-order chi connectivity index (χ0) is 14.6. The number of carbonyl (C=O) groups is 1. The topological polar surface area (TPSA) is 51.2 Å². The molecule has 0 atom stereocenters. The van der Waals surface area contributed by atoms with Crippen molar-refractivity contribution in [1.29, 1.82) is 0 Å². The molecule has 0 aliphatic rings. The van der Waals surface area contributed by atoms with E-state index >= 15 is 0 Å². The predicted molar refractivity (Wildman–Crippen MR) is 78.4 cm³/mol. The Hall–Kier alpha value is -1.13. The molecule has 1 rings (SSSR count). The number of hydrogen-bond donors (Lipinski definition) is 0. The molecule has 0 saturated carbocycles. The van der Waals surface area contributed by atoms with E-state index in [-0.39, 0.29) is 10.5 Å². The quantitative estimate of drug-likeness (QED) is 0.783. The molecule has 0 fully saturated rings. The van der Waals surface area contributed by atoms with E-state index in [1.807, 2.05) is 19.9 Å². The van der Waals surface area contributed by atoms with Crippen LogP contribution in [0, 0.1) is 0 Å². The number of halogens is 1. The largest absolute Gasteiger partial charge is 0.276 e. The maximum absolute atomic E-state index is 11.8. The fourth-order valence-electron chi connectivity index (χ4n) is 1.82. The number of sulfone groups is 1. The maximum Gasteiger partial charge on any atom is 0.252 e. The minimum atomic E-state index is -3.41. The SMILES string of the molecule is CC/C=C/c1cc(CC)c(C(=O)Cl)cc1S(C)(=O)=O. The first-order valence-corrected chi connectivity index (χ1v) is 8.31. The minimum Gasteiger partial charge on any atom is -0.276 e. The Balaban J connectivity index is 3.62. The van der Waals surface area contributed by atoms with Gasteiger partial charge in [0.2, 0.25) is 0 Å². The van der Waals surface area contributed by atoms with Crippen molar-refractivity contribution in [3.05, 3.63) is 34.9 Å². The summed E-state index contributed by atoms with van der Waals surface area (Å²) in [6.07, 6.45) is 6.19. The molecule has 3 nitrogen and oxygen atoms in total. The van der Waals surface area contributed by atoms with Crippen LogP contribution >= 0.6 is 11.6 Å². The molecule has 0 amide bonds. The van der Waals surface area contributed by atoms with Gasteiger partial charge < -0.3 is 0 Å². The van der Waals surface area contributed by atoms with Crippen LogP contribution in [0.15, 0.2) is 23.1 Å². The average Bonchev–Trinajstić information content (AvgIpc) is 2.33. The monoisotopic (exact) mass is 300 g/mol. The smallest absolute Gasteiger partial charge is 0.252 e. The Labute approximate surface area is 119 Å². The first-order chi connectivity index (χ1) is 8.81. The fraction of sp³-hybridized carbons (Fsp3) is 0.357. The van der Waals surface area contributed by atoms with Gasteiger partial charge in [-0.1, -0.05) is 26.0 Å². The van der Waals surface area contributed by atoms with Gasteiger partial charge in [-0.2, -0.15) is 0 Å². The van der Waals surface area contributed by atoms with Crippen LogP contribution in [0.3, 0.4) is 0 Å².